The molecule has 1 aromatic carbocycles. The average Bonchev–Trinajstić information content (AvgIpc) is 3.29. The molecular weight excluding hydrogens is 402 g/mol. The van der Waals surface area contributed by atoms with Crippen LogP contribution in [-0.4, -0.2) is 17.6 Å². The largest absolute Gasteiger partial charge is 0.462 e. The highest BCUT2D eigenvalue weighted by Gasteiger charge is 2.20. The number of aromatic nitrogens is 1. The summed E-state index contributed by atoms with van der Waals surface area (Å²) in [6, 6.07) is 10.3. The van der Waals surface area contributed by atoms with Gasteiger partial charge >= 0.3 is 5.97 Å². The van der Waals surface area contributed by atoms with Crippen molar-refractivity contribution in [2.45, 2.75) is 27.7 Å². The summed E-state index contributed by atoms with van der Waals surface area (Å²) in [4.78, 5) is 17.9. The molecule has 0 radical (unpaired) electrons. The van der Waals surface area contributed by atoms with Gasteiger partial charge in [-0.1, -0.05) is 29.8 Å². The van der Waals surface area contributed by atoms with Crippen LogP contribution in [0.4, 0.5) is 5.00 Å². The Balaban J connectivity index is 1.87. The number of nitrogens with one attached hydrogen (secondary N) is 1. The maximum absolute atomic E-state index is 12.3. The zero-order chi connectivity index (χ0) is 21.0. The van der Waals surface area contributed by atoms with E-state index < -0.39 is 0 Å². The van der Waals surface area contributed by atoms with Crippen molar-refractivity contribution in [3.05, 3.63) is 62.4 Å². The van der Waals surface area contributed by atoms with Gasteiger partial charge < -0.3 is 10.1 Å². The Labute approximate surface area is 178 Å². The van der Waals surface area contributed by atoms with Crippen LogP contribution in [0.25, 0.3) is 16.8 Å². The van der Waals surface area contributed by atoms with Crippen LogP contribution in [0.2, 0.25) is 0 Å². The molecule has 7 heteroatoms. The van der Waals surface area contributed by atoms with E-state index in [1.165, 1.54) is 28.2 Å². The average molecular weight is 424 g/mol. The number of hydrogen-bond acceptors (Lipinski definition) is 7. The van der Waals surface area contributed by atoms with E-state index in [4.69, 9.17) is 4.74 Å². The number of thiophene rings is 1. The maximum Gasteiger partial charge on any atom is 0.341 e. The summed E-state index contributed by atoms with van der Waals surface area (Å²) in [6.07, 6.45) is 1.60. The number of carbonyl (C=O) groups is 1. The summed E-state index contributed by atoms with van der Waals surface area (Å²) >= 11 is 2.88. The highest BCUT2D eigenvalue weighted by molar-refractivity contribution is 7.16. The first-order valence-electron chi connectivity index (χ1n) is 9.11. The molecule has 29 heavy (non-hydrogen) atoms. The summed E-state index contributed by atoms with van der Waals surface area (Å²) in [5.74, 6) is -0.361. The Kier molecular flexibility index (Phi) is 6.47. The fourth-order valence-electron chi connectivity index (χ4n) is 2.71. The molecule has 2 aromatic heterocycles. The normalized spacial score (nSPS) is 11.2. The number of anilines is 1. The van der Waals surface area contributed by atoms with Crippen molar-refractivity contribution in [1.82, 2.24) is 4.98 Å². The number of allylic oxidation sites excluding steroid dienone is 1. The van der Waals surface area contributed by atoms with E-state index in [0.29, 0.717) is 27.8 Å². The third-order valence-electron chi connectivity index (χ3n) is 4.41. The first-order chi connectivity index (χ1) is 13.9. The third-order valence-corrected chi connectivity index (χ3v) is 6.43. The van der Waals surface area contributed by atoms with Gasteiger partial charge in [-0.15, -0.1) is 22.7 Å². The van der Waals surface area contributed by atoms with Gasteiger partial charge in [-0.3, -0.25) is 0 Å². The monoisotopic (exact) mass is 423 g/mol. The number of nitriles is 1. The van der Waals surface area contributed by atoms with Crippen molar-refractivity contribution < 1.29 is 9.53 Å². The molecule has 0 unspecified atom stereocenters. The molecule has 2 heterocycles. The maximum atomic E-state index is 12.3. The minimum atomic E-state index is -0.361. The SMILES string of the molecule is CCOC(=O)c1c(N/C=C(/C#N)c2nc(-c3ccc(C)cc3)cs2)sc(C)c1C. The summed E-state index contributed by atoms with van der Waals surface area (Å²) < 4.78 is 5.17. The molecule has 0 saturated heterocycles. The van der Waals surface area contributed by atoms with E-state index in [1.54, 1.807) is 13.1 Å². The number of nitrogens with zero attached hydrogens (tertiary/aromatic N) is 2. The van der Waals surface area contributed by atoms with Gasteiger partial charge in [0.05, 0.1) is 17.9 Å². The molecule has 0 bridgehead atoms. The van der Waals surface area contributed by atoms with Crippen LogP contribution in [0.1, 0.15) is 38.3 Å². The van der Waals surface area contributed by atoms with Crippen molar-refractivity contribution in [1.29, 1.82) is 5.26 Å². The van der Waals surface area contributed by atoms with Gasteiger partial charge in [0.15, 0.2) is 0 Å². The van der Waals surface area contributed by atoms with Crippen molar-refractivity contribution in [3.8, 4) is 17.3 Å². The highest BCUT2D eigenvalue weighted by atomic mass is 32.1. The standard InChI is InChI=1S/C22H21N3O2S2/c1-5-27-22(26)19-14(3)15(4)29-21(19)24-11-17(10-23)20-25-18(12-28-20)16-8-6-13(2)7-9-16/h6-9,11-12,24H,5H2,1-4H3/b17-11-. The van der Waals surface area contributed by atoms with Crippen LogP contribution in [0.15, 0.2) is 35.8 Å². The molecule has 3 aromatic rings. The minimum Gasteiger partial charge on any atom is -0.462 e. The molecule has 0 spiro atoms. The smallest absolute Gasteiger partial charge is 0.341 e. The summed E-state index contributed by atoms with van der Waals surface area (Å²) in [5, 5.41) is 16.0. The zero-order valence-corrected chi connectivity index (χ0v) is 18.3. The molecule has 0 amide bonds. The number of benzene rings is 1. The molecule has 148 valence electrons. The second kappa shape index (κ2) is 9.03. The lowest BCUT2D eigenvalue weighted by molar-refractivity contribution is 0.0527. The van der Waals surface area contributed by atoms with Crippen LogP contribution in [0, 0.1) is 32.1 Å². The van der Waals surface area contributed by atoms with Crippen molar-refractivity contribution in [2.75, 3.05) is 11.9 Å². The predicted molar refractivity (Wildman–Crippen MR) is 119 cm³/mol. The molecule has 5 nitrogen and oxygen atoms in total. The number of hydrogen-bond donors (Lipinski definition) is 1. The van der Waals surface area contributed by atoms with Gasteiger partial charge in [-0.2, -0.15) is 5.26 Å². The van der Waals surface area contributed by atoms with Crippen molar-refractivity contribution in [3.63, 3.8) is 0 Å². The van der Waals surface area contributed by atoms with E-state index in [-0.39, 0.29) is 5.97 Å². The van der Waals surface area contributed by atoms with E-state index >= 15 is 0 Å². The second-order valence-electron chi connectivity index (χ2n) is 6.43. The Morgan fingerprint density at radius 1 is 1.28 bits per heavy atom. The number of thiazole rings is 1. The van der Waals surface area contributed by atoms with E-state index in [9.17, 15) is 10.1 Å². The summed E-state index contributed by atoms with van der Waals surface area (Å²) in [6.45, 7) is 7.98. The van der Waals surface area contributed by atoms with Gasteiger partial charge in [0.1, 0.15) is 21.7 Å². The number of ether oxygens (including phenoxy) is 1. The highest BCUT2D eigenvalue weighted by Crippen LogP contribution is 2.34. The van der Waals surface area contributed by atoms with Crippen LogP contribution in [0.5, 0.6) is 0 Å². The van der Waals surface area contributed by atoms with E-state index in [2.05, 4.69) is 16.4 Å². The lowest BCUT2D eigenvalue weighted by atomic mass is 10.1. The Morgan fingerprint density at radius 2 is 2.00 bits per heavy atom. The number of carbonyl (C=O) groups excluding carboxylic acids is 1. The lowest BCUT2D eigenvalue weighted by Gasteiger charge is -2.05. The van der Waals surface area contributed by atoms with Crippen LogP contribution in [-0.2, 0) is 4.74 Å². The van der Waals surface area contributed by atoms with E-state index in [1.807, 2.05) is 50.4 Å². The van der Waals surface area contributed by atoms with E-state index in [0.717, 1.165) is 21.7 Å². The van der Waals surface area contributed by atoms with Crippen LogP contribution in [0.3, 0.4) is 0 Å². The Bertz CT molecular complexity index is 1100. The fraction of sp³-hybridized carbons (Fsp3) is 0.227. The second-order valence-corrected chi connectivity index (χ2v) is 8.51. The van der Waals surface area contributed by atoms with Gasteiger partial charge in [0.2, 0.25) is 0 Å². The molecule has 0 saturated carbocycles. The minimum absolute atomic E-state index is 0.312. The third kappa shape index (κ3) is 4.56. The number of esters is 1. The predicted octanol–water partition coefficient (Wildman–Crippen LogP) is 5.95. The van der Waals surface area contributed by atoms with Gasteiger partial charge in [0.25, 0.3) is 0 Å². The zero-order valence-electron chi connectivity index (χ0n) is 16.7. The molecular formula is C22H21N3O2S2. The first kappa shape index (κ1) is 20.8. The molecule has 3 rings (SSSR count). The molecule has 0 aliphatic rings. The fourth-order valence-corrected chi connectivity index (χ4v) is 4.52. The van der Waals surface area contributed by atoms with Crippen molar-refractivity contribution in [2.24, 2.45) is 0 Å². The summed E-state index contributed by atoms with van der Waals surface area (Å²) in [5.41, 5.74) is 4.84. The van der Waals surface area contributed by atoms with Crippen molar-refractivity contribution >= 4 is 39.2 Å². The number of aryl methyl sites for hydroxylation is 2. The lowest BCUT2D eigenvalue weighted by Crippen LogP contribution is -2.07. The topological polar surface area (TPSA) is 75.0 Å². The Morgan fingerprint density at radius 3 is 2.66 bits per heavy atom. The summed E-state index contributed by atoms with van der Waals surface area (Å²) in [7, 11) is 0. The quantitative estimate of drug-likeness (QED) is 0.392. The van der Waals surface area contributed by atoms with Gasteiger partial charge in [-0.25, -0.2) is 9.78 Å². The van der Waals surface area contributed by atoms with Gasteiger partial charge in [0, 0.05) is 22.0 Å². The molecule has 0 fully saturated rings. The molecule has 0 atom stereocenters. The van der Waals surface area contributed by atoms with Crippen LogP contribution >= 0.6 is 22.7 Å². The molecule has 1 N–H and O–H groups in total. The molecule has 0 aliphatic heterocycles. The first-order valence-corrected chi connectivity index (χ1v) is 10.8. The molecule has 0 aliphatic carbocycles. The Hall–Kier alpha value is -2.95. The van der Waals surface area contributed by atoms with Gasteiger partial charge in [-0.05, 0) is 33.3 Å². The number of rotatable bonds is 6. The van der Waals surface area contributed by atoms with Crippen LogP contribution < -0.4 is 5.32 Å².